The minimum absolute atomic E-state index is 0.199. The molecule has 1 N–H and O–H groups in total. The largest absolute Gasteiger partial charge is 0.507 e. The van der Waals surface area contributed by atoms with Gasteiger partial charge < -0.3 is 14.7 Å². The molecule has 0 saturated carbocycles. The lowest BCUT2D eigenvalue weighted by Gasteiger charge is -2.31. The van der Waals surface area contributed by atoms with Gasteiger partial charge in [-0.3, -0.25) is 0 Å². The summed E-state index contributed by atoms with van der Waals surface area (Å²) in [5, 5.41) is 9.71. The lowest BCUT2D eigenvalue weighted by Crippen LogP contribution is -2.39. The summed E-state index contributed by atoms with van der Waals surface area (Å²) in [5.74, 6) is 0.199. The van der Waals surface area contributed by atoms with E-state index in [0.29, 0.717) is 17.6 Å². The monoisotopic (exact) mass is 327 g/mol. The van der Waals surface area contributed by atoms with Gasteiger partial charge >= 0.3 is 6.09 Å². The third-order valence-corrected chi connectivity index (χ3v) is 3.57. The number of halogens is 1. The molecule has 0 radical (unpaired) electrons. The van der Waals surface area contributed by atoms with Gasteiger partial charge in [0.25, 0.3) is 0 Å². The van der Waals surface area contributed by atoms with Crippen molar-refractivity contribution >= 4 is 22.0 Å². The maximum Gasteiger partial charge on any atom is 0.410 e. The third-order valence-electron chi connectivity index (χ3n) is 2.93. The number of fused-ring (bicyclic) bond motifs is 1. The quantitative estimate of drug-likeness (QED) is 0.794. The van der Waals surface area contributed by atoms with Crippen LogP contribution in [-0.2, 0) is 17.7 Å². The minimum Gasteiger partial charge on any atom is -0.507 e. The molecular weight excluding hydrogens is 310 g/mol. The second kappa shape index (κ2) is 5.04. The fraction of sp³-hybridized carbons (Fsp3) is 0.500. The number of phenolic OH excluding ortho intramolecular Hbond substituents is 1. The summed E-state index contributed by atoms with van der Waals surface area (Å²) < 4.78 is 6.05. The van der Waals surface area contributed by atoms with Crippen LogP contribution in [0, 0.1) is 0 Å². The molecule has 2 rings (SSSR count). The number of carbonyl (C=O) groups excluding carboxylic acids is 1. The minimum atomic E-state index is -0.487. The molecule has 0 bridgehead atoms. The van der Waals surface area contributed by atoms with Crippen molar-refractivity contribution in [2.24, 2.45) is 0 Å². The summed E-state index contributed by atoms with van der Waals surface area (Å²) in [5.41, 5.74) is 1.64. The molecular formula is C14H18BrNO3. The van der Waals surface area contributed by atoms with Crippen LogP contribution in [0.1, 0.15) is 31.9 Å². The number of benzene rings is 1. The predicted octanol–water partition coefficient (Wildman–Crippen LogP) is 3.45. The third kappa shape index (κ3) is 3.41. The van der Waals surface area contributed by atoms with Crippen LogP contribution in [0.4, 0.5) is 4.79 Å². The number of nitrogens with zero attached hydrogens (tertiary/aromatic N) is 1. The molecule has 0 aromatic heterocycles. The van der Waals surface area contributed by atoms with Gasteiger partial charge in [0, 0.05) is 13.1 Å². The van der Waals surface area contributed by atoms with Gasteiger partial charge in [-0.1, -0.05) is 0 Å². The maximum absolute atomic E-state index is 12.0. The molecule has 0 atom stereocenters. The smallest absolute Gasteiger partial charge is 0.410 e. The van der Waals surface area contributed by atoms with Crippen molar-refractivity contribution in [3.8, 4) is 5.75 Å². The Hall–Kier alpha value is -1.23. The van der Waals surface area contributed by atoms with Gasteiger partial charge in [0.05, 0.1) is 4.47 Å². The number of carbonyl (C=O) groups is 1. The van der Waals surface area contributed by atoms with Gasteiger partial charge in [0.15, 0.2) is 0 Å². The SMILES string of the molecule is CC(C)(C)OC(=O)N1CCc2cc(Br)c(O)cc2C1. The zero-order valence-electron chi connectivity index (χ0n) is 11.4. The Balaban J connectivity index is 2.14. The van der Waals surface area contributed by atoms with Crippen molar-refractivity contribution in [2.75, 3.05) is 6.54 Å². The standard InChI is InChI=1S/C14H18BrNO3/c1-14(2,3)19-13(18)16-5-4-9-6-11(15)12(17)7-10(9)8-16/h6-7,17H,4-5,8H2,1-3H3. The molecule has 0 saturated heterocycles. The van der Waals surface area contributed by atoms with Gasteiger partial charge in [0.1, 0.15) is 11.4 Å². The van der Waals surface area contributed by atoms with Crippen molar-refractivity contribution in [2.45, 2.75) is 39.3 Å². The normalized spacial score (nSPS) is 15.1. The first kappa shape index (κ1) is 14.2. The fourth-order valence-electron chi connectivity index (χ4n) is 2.05. The summed E-state index contributed by atoms with van der Waals surface area (Å²) in [4.78, 5) is 13.7. The van der Waals surface area contributed by atoms with Crippen LogP contribution in [0.5, 0.6) is 5.75 Å². The zero-order valence-corrected chi connectivity index (χ0v) is 13.0. The predicted molar refractivity (Wildman–Crippen MR) is 76.2 cm³/mol. The number of hydrogen-bond donors (Lipinski definition) is 1. The summed E-state index contributed by atoms with van der Waals surface area (Å²) in [6.07, 6.45) is 0.466. The molecule has 19 heavy (non-hydrogen) atoms. The molecule has 0 unspecified atom stereocenters. The van der Waals surface area contributed by atoms with E-state index in [0.717, 1.165) is 17.5 Å². The molecule has 4 nitrogen and oxygen atoms in total. The number of rotatable bonds is 0. The Morgan fingerprint density at radius 1 is 1.37 bits per heavy atom. The van der Waals surface area contributed by atoms with Gasteiger partial charge in [-0.15, -0.1) is 0 Å². The Labute approximate surface area is 121 Å². The van der Waals surface area contributed by atoms with Crippen LogP contribution < -0.4 is 0 Å². The molecule has 0 spiro atoms. The zero-order chi connectivity index (χ0) is 14.2. The van der Waals surface area contributed by atoms with Crippen molar-refractivity contribution < 1.29 is 14.6 Å². The average Bonchev–Trinajstić information content (AvgIpc) is 2.27. The van der Waals surface area contributed by atoms with Crippen LogP contribution >= 0.6 is 15.9 Å². The molecule has 1 aliphatic heterocycles. The lowest BCUT2D eigenvalue weighted by molar-refractivity contribution is 0.0223. The molecule has 1 amide bonds. The Bertz CT molecular complexity index is 508. The highest BCUT2D eigenvalue weighted by atomic mass is 79.9. The molecule has 5 heteroatoms. The van der Waals surface area contributed by atoms with Gasteiger partial charge in [-0.2, -0.15) is 0 Å². The second-order valence-corrected chi connectivity index (χ2v) is 6.58. The number of aromatic hydroxyl groups is 1. The Kier molecular flexibility index (Phi) is 3.76. The lowest BCUT2D eigenvalue weighted by atomic mass is 10.00. The van der Waals surface area contributed by atoms with E-state index in [1.165, 1.54) is 0 Å². The van der Waals surface area contributed by atoms with Crippen molar-refractivity contribution in [1.29, 1.82) is 0 Å². The van der Waals surface area contributed by atoms with E-state index in [9.17, 15) is 9.90 Å². The first-order valence-electron chi connectivity index (χ1n) is 6.24. The molecule has 104 valence electrons. The summed E-state index contributed by atoms with van der Waals surface area (Å²) in [6, 6.07) is 3.62. The number of ether oxygens (including phenoxy) is 1. The van der Waals surface area contributed by atoms with E-state index in [1.54, 1.807) is 11.0 Å². The van der Waals surface area contributed by atoms with Gasteiger partial charge in [-0.05, 0) is 66.4 Å². The Morgan fingerprint density at radius 3 is 2.68 bits per heavy atom. The molecule has 1 aromatic rings. The summed E-state index contributed by atoms with van der Waals surface area (Å²) in [7, 11) is 0. The van der Waals surface area contributed by atoms with Gasteiger partial charge in [0.2, 0.25) is 0 Å². The summed E-state index contributed by atoms with van der Waals surface area (Å²) in [6.45, 7) is 6.67. The highest BCUT2D eigenvalue weighted by Gasteiger charge is 2.26. The maximum atomic E-state index is 12.0. The van der Waals surface area contributed by atoms with E-state index in [1.807, 2.05) is 26.8 Å². The van der Waals surface area contributed by atoms with Crippen LogP contribution in [0.15, 0.2) is 16.6 Å². The first-order valence-corrected chi connectivity index (χ1v) is 7.04. The van der Waals surface area contributed by atoms with Crippen molar-refractivity contribution in [1.82, 2.24) is 4.90 Å². The highest BCUT2D eigenvalue weighted by Crippen LogP contribution is 2.31. The highest BCUT2D eigenvalue weighted by molar-refractivity contribution is 9.10. The van der Waals surface area contributed by atoms with Crippen LogP contribution in [0.3, 0.4) is 0 Å². The number of amides is 1. The van der Waals surface area contributed by atoms with E-state index in [-0.39, 0.29) is 11.8 Å². The van der Waals surface area contributed by atoms with E-state index in [2.05, 4.69) is 15.9 Å². The van der Waals surface area contributed by atoms with Crippen LogP contribution in [0.2, 0.25) is 0 Å². The second-order valence-electron chi connectivity index (χ2n) is 5.72. The molecule has 1 aliphatic rings. The van der Waals surface area contributed by atoms with E-state index in [4.69, 9.17) is 4.74 Å². The molecule has 1 heterocycles. The summed E-state index contributed by atoms with van der Waals surface area (Å²) >= 11 is 3.30. The van der Waals surface area contributed by atoms with Gasteiger partial charge in [-0.25, -0.2) is 4.79 Å². The fourth-order valence-corrected chi connectivity index (χ4v) is 2.44. The van der Waals surface area contributed by atoms with Crippen molar-refractivity contribution in [3.63, 3.8) is 0 Å². The average molecular weight is 328 g/mol. The van der Waals surface area contributed by atoms with E-state index >= 15 is 0 Å². The number of phenols is 1. The molecule has 1 aromatic carbocycles. The number of hydrogen-bond acceptors (Lipinski definition) is 3. The van der Waals surface area contributed by atoms with Crippen LogP contribution in [-0.4, -0.2) is 28.2 Å². The Morgan fingerprint density at radius 2 is 2.05 bits per heavy atom. The van der Waals surface area contributed by atoms with Crippen molar-refractivity contribution in [3.05, 3.63) is 27.7 Å². The topological polar surface area (TPSA) is 49.8 Å². The van der Waals surface area contributed by atoms with Crippen LogP contribution in [0.25, 0.3) is 0 Å². The molecule has 0 aliphatic carbocycles. The molecule has 0 fully saturated rings. The van der Waals surface area contributed by atoms with E-state index < -0.39 is 5.60 Å². The first-order chi connectivity index (χ1) is 8.76.